The molecule has 0 saturated heterocycles. The van der Waals surface area contributed by atoms with Crippen LogP contribution in [0.15, 0.2) is 17.1 Å². The molecule has 0 spiro atoms. The van der Waals surface area contributed by atoms with Gasteiger partial charge in [0.15, 0.2) is 0 Å². The van der Waals surface area contributed by atoms with E-state index >= 15 is 0 Å². The van der Waals surface area contributed by atoms with E-state index in [0.29, 0.717) is 16.8 Å². The van der Waals surface area contributed by atoms with Crippen LogP contribution in [0, 0.1) is 6.92 Å². The van der Waals surface area contributed by atoms with Crippen molar-refractivity contribution in [2.24, 2.45) is 0 Å². The third-order valence-electron chi connectivity index (χ3n) is 2.55. The summed E-state index contributed by atoms with van der Waals surface area (Å²) in [4.78, 5) is 23.8. The van der Waals surface area contributed by atoms with Gasteiger partial charge >= 0.3 is 5.97 Å². The van der Waals surface area contributed by atoms with Gasteiger partial charge in [-0.15, -0.1) is 23.7 Å². The Balaban J connectivity index is 0.00000144. The van der Waals surface area contributed by atoms with Crippen molar-refractivity contribution >= 4 is 39.8 Å². The monoisotopic (exact) mass is 273 g/mol. The predicted molar refractivity (Wildman–Crippen MR) is 70.7 cm³/mol. The summed E-state index contributed by atoms with van der Waals surface area (Å²) in [6, 6.07) is 1.80. The second-order valence-electron chi connectivity index (χ2n) is 3.48. The standard InChI is InChI=1S/C11H11NO3S.ClH/c1-3-12-5-4-7-9(10(12)13)8(11(14)15)6(2)16-7;/h4-5H,3H2,1-2H3,(H,14,15);1H. The highest BCUT2D eigenvalue weighted by molar-refractivity contribution is 7.19. The molecule has 6 heteroatoms. The van der Waals surface area contributed by atoms with Gasteiger partial charge in [0.25, 0.3) is 5.56 Å². The molecule has 0 saturated carbocycles. The van der Waals surface area contributed by atoms with Crippen LogP contribution in [0.4, 0.5) is 0 Å². The Hall–Kier alpha value is -1.33. The summed E-state index contributed by atoms with van der Waals surface area (Å²) < 4.78 is 2.26. The summed E-state index contributed by atoms with van der Waals surface area (Å²) in [5, 5.41) is 9.43. The molecule has 0 bridgehead atoms. The second-order valence-corrected chi connectivity index (χ2v) is 4.74. The van der Waals surface area contributed by atoms with Gasteiger partial charge in [0.1, 0.15) is 0 Å². The number of aromatic carboxylic acids is 1. The summed E-state index contributed by atoms with van der Waals surface area (Å²) in [5.74, 6) is -1.03. The molecule has 1 N–H and O–H groups in total. The number of carboxylic acids is 1. The smallest absolute Gasteiger partial charge is 0.337 e. The van der Waals surface area contributed by atoms with Gasteiger partial charge in [-0.2, -0.15) is 0 Å². The van der Waals surface area contributed by atoms with E-state index < -0.39 is 5.97 Å². The topological polar surface area (TPSA) is 59.3 Å². The maximum absolute atomic E-state index is 12.0. The molecule has 0 aromatic carbocycles. The van der Waals surface area contributed by atoms with E-state index in [2.05, 4.69) is 0 Å². The highest BCUT2D eigenvalue weighted by Crippen LogP contribution is 2.28. The number of hydrogen-bond donors (Lipinski definition) is 1. The van der Waals surface area contributed by atoms with Crippen LogP contribution >= 0.6 is 23.7 Å². The number of carbonyl (C=O) groups is 1. The normalized spacial score (nSPS) is 10.2. The largest absolute Gasteiger partial charge is 0.478 e. The van der Waals surface area contributed by atoms with E-state index in [9.17, 15) is 9.59 Å². The molecule has 2 rings (SSSR count). The van der Waals surface area contributed by atoms with Crippen molar-refractivity contribution in [2.75, 3.05) is 0 Å². The van der Waals surface area contributed by atoms with Gasteiger partial charge in [-0.1, -0.05) is 0 Å². The van der Waals surface area contributed by atoms with Gasteiger partial charge in [-0.3, -0.25) is 4.79 Å². The molecule has 0 aliphatic carbocycles. The molecule has 92 valence electrons. The van der Waals surface area contributed by atoms with E-state index in [1.165, 1.54) is 15.9 Å². The zero-order valence-electron chi connectivity index (χ0n) is 9.39. The van der Waals surface area contributed by atoms with Crippen molar-refractivity contribution in [3.05, 3.63) is 33.1 Å². The molecule has 0 aliphatic rings. The third kappa shape index (κ3) is 2.08. The summed E-state index contributed by atoms with van der Waals surface area (Å²) in [5.41, 5.74) is -0.0745. The van der Waals surface area contributed by atoms with Crippen molar-refractivity contribution in [1.29, 1.82) is 0 Å². The molecule has 0 fully saturated rings. The van der Waals surface area contributed by atoms with E-state index in [1.807, 2.05) is 6.92 Å². The number of aromatic nitrogens is 1. The first kappa shape index (κ1) is 13.7. The van der Waals surface area contributed by atoms with E-state index in [4.69, 9.17) is 5.11 Å². The molecule has 4 nitrogen and oxygen atoms in total. The molecule has 2 heterocycles. The number of halogens is 1. The van der Waals surface area contributed by atoms with Crippen LogP contribution in [0.25, 0.3) is 10.1 Å². The number of nitrogens with zero attached hydrogens (tertiary/aromatic N) is 1. The summed E-state index contributed by atoms with van der Waals surface area (Å²) >= 11 is 1.35. The van der Waals surface area contributed by atoms with Gasteiger partial charge in [0, 0.05) is 22.3 Å². The Kier molecular flexibility index (Phi) is 3.95. The number of thiophene rings is 1. The fourth-order valence-electron chi connectivity index (χ4n) is 1.77. The second kappa shape index (κ2) is 4.89. The Morgan fingerprint density at radius 1 is 1.53 bits per heavy atom. The van der Waals surface area contributed by atoms with Gasteiger partial charge < -0.3 is 9.67 Å². The Labute approximate surface area is 108 Å². The maximum atomic E-state index is 12.0. The maximum Gasteiger partial charge on any atom is 0.337 e. The SMILES string of the molecule is CCn1ccc2sc(C)c(C(=O)O)c2c1=O.Cl. The first-order chi connectivity index (χ1) is 7.56. The number of fused-ring (bicyclic) bond motifs is 1. The Morgan fingerprint density at radius 3 is 2.71 bits per heavy atom. The molecule has 0 radical (unpaired) electrons. The first-order valence-electron chi connectivity index (χ1n) is 4.92. The molecule has 2 aromatic rings. The van der Waals surface area contributed by atoms with Gasteiger partial charge in [0.05, 0.1) is 10.9 Å². The lowest BCUT2D eigenvalue weighted by Crippen LogP contribution is -2.19. The van der Waals surface area contributed by atoms with Crippen LogP contribution in [0.5, 0.6) is 0 Å². The molecular weight excluding hydrogens is 262 g/mol. The Morgan fingerprint density at radius 2 is 2.18 bits per heavy atom. The summed E-state index contributed by atoms with van der Waals surface area (Å²) in [6.07, 6.45) is 1.70. The predicted octanol–water partition coefficient (Wildman–Crippen LogP) is 2.51. The minimum absolute atomic E-state index is 0. The molecular formula is C11H12ClNO3S. The van der Waals surface area contributed by atoms with Crippen molar-refractivity contribution < 1.29 is 9.90 Å². The van der Waals surface area contributed by atoms with E-state index in [1.54, 1.807) is 19.2 Å². The quantitative estimate of drug-likeness (QED) is 0.915. The van der Waals surface area contributed by atoms with Crippen LogP contribution in [-0.2, 0) is 6.54 Å². The van der Waals surface area contributed by atoms with Gasteiger partial charge in [-0.05, 0) is 19.9 Å². The van der Waals surface area contributed by atoms with E-state index in [0.717, 1.165) is 4.70 Å². The van der Waals surface area contributed by atoms with Crippen LogP contribution in [0.3, 0.4) is 0 Å². The molecule has 17 heavy (non-hydrogen) atoms. The number of rotatable bonds is 2. The van der Waals surface area contributed by atoms with Crippen LogP contribution < -0.4 is 5.56 Å². The minimum Gasteiger partial charge on any atom is -0.478 e. The number of pyridine rings is 1. The van der Waals surface area contributed by atoms with Gasteiger partial charge in [0.2, 0.25) is 0 Å². The van der Waals surface area contributed by atoms with Crippen LogP contribution in [0.1, 0.15) is 22.2 Å². The number of hydrogen-bond acceptors (Lipinski definition) is 3. The zero-order valence-corrected chi connectivity index (χ0v) is 11.0. The minimum atomic E-state index is -1.03. The fourth-order valence-corrected chi connectivity index (χ4v) is 2.81. The van der Waals surface area contributed by atoms with Crippen LogP contribution in [0.2, 0.25) is 0 Å². The summed E-state index contributed by atoms with van der Waals surface area (Å²) in [6.45, 7) is 4.12. The van der Waals surface area contributed by atoms with Crippen molar-refractivity contribution in [1.82, 2.24) is 4.57 Å². The average molecular weight is 274 g/mol. The number of carboxylic acid groups (broad SMARTS) is 1. The lowest BCUT2D eigenvalue weighted by atomic mass is 10.2. The van der Waals surface area contributed by atoms with E-state index in [-0.39, 0.29) is 23.5 Å². The van der Waals surface area contributed by atoms with Crippen molar-refractivity contribution in [3.63, 3.8) is 0 Å². The highest BCUT2D eigenvalue weighted by atomic mass is 35.5. The number of aryl methyl sites for hydroxylation is 2. The molecule has 0 amide bonds. The first-order valence-corrected chi connectivity index (χ1v) is 5.73. The average Bonchev–Trinajstić information content (AvgIpc) is 2.56. The lowest BCUT2D eigenvalue weighted by molar-refractivity contribution is 0.0699. The molecule has 0 atom stereocenters. The zero-order chi connectivity index (χ0) is 11.9. The molecule has 2 aromatic heterocycles. The third-order valence-corrected chi connectivity index (χ3v) is 3.62. The van der Waals surface area contributed by atoms with Gasteiger partial charge in [-0.25, -0.2) is 4.79 Å². The fraction of sp³-hybridized carbons (Fsp3) is 0.273. The lowest BCUT2D eigenvalue weighted by Gasteiger charge is -2.01. The highest BCUT2D eigenvalue weighted by Gasteiger charge is 2.18. The Bertz CT molecular complexity index is 629. The summed E-state index contributed by atoms with van der Waals surface area (Å²) in [7, 11) is 0. The van der Waals surface area contributed by atoms with Crippen LogP contribution in [-0.4, -0.2) is 15.6 Å². The molecule has 0 unspecified atom stereocenters. The van der Waals surface area contributed by atoms with Crippen molar-refractivity contribution in [2.45, 2.75) is 20.4 Å². The molecule has 0 aliphatic heterocycles. The van der Waals surface area contributed by atoms with Crippen molar-refractivity contribution in [3.8, 4) is 0 Å².